The largest absolute Gasteiger partial charge is 0.350 e. The third kappa shape index (κ3) is 20.0. The number of nitrogens with one attached hydrogen (secondary N) is 4. The number of likely N-dealkylation sites (N-methyl/N-ethyl adjacent to an activating group) is 1. The monoisotopic (exact) mass is 1290 g/mol. The minimum Gasteiger partial charge on any atom is -0.350 e. The molecule has 0 saturated heterocycles. The summed E-state index contributed by atoms with van der Waals surface area (Å²) < 4.78 is 0. The second-order valence-corrected chi connectivity index (χ2v) is 27.0. The molecule has 8 aromatic rings. The van der Waals surface area contributed by atoms with Gasteiger partial charge in [0.05, 0.1) is 24.2 Å². The number of rotatable bonds is 19. The van der Waals surface area contributed by atoms with Gasteiger partial charge in [-0.25, -0.2) is 0 Å². The van der Waals surface area contributed by atoms with E-state index in [-0.39, 0.29) is 47.8 Å². The van der Waals surface area contributed by atoms with Crippen LogP contribution in [0.5, 0.6) is 0 Å². The van der Waals surface area contributed by atoms with E-state index in [4.69, 9.17) is 0 Å². The Morgan fingerprint density at radius 1 is 0.365 bits per heavy atom. The zero-order valence-electron chi connectivity index (χ0n) is 58.5. The van der Waals surface area contributed by atoms with E-state index >= 15 is 0 Å². The highest BCUT2D eigenvalue weighted by atomic mass is 16.2. The average molecular weight is 1290 g/mol. The lowest BCUT2D eigenvalue weighted by atomic mass is 9.91. The molecule has 4 unspecified atom stereocenters. The van der Waals surface area contributed by atoms with Crippen LogP contribution in [0, 0.1) is 33.6 Å². The molecule has 0 spiro atoms. The topological polar surface area (TPSA) is 129 Å². The van der Waals surface area contributed by atoms with Crippen LogP contribution < -0.4 is 21.3 Å². The highest BCUT2D eigenvalue weighted by molar-refractivity contribution is 5.96. The highest BCUT2D eigenvalue weighted by Gasteiger charge is 2.31. The summed E-state index contributed by atoms with van der Waals surface area (Å²) in [6.45, 7) is 27.1. The van der Waals surface area contributed by atoms with Gasteiger partial charge >= 0.3 is 0 Å². The van der Waals surface area contributed by atoms with Gasteiger partial charge in [0, 0.05) is 81.2 Å². The predicted molar refractivity (Wildman–Crippen MR) is 393 cm³/mol. The van der Waals surface area contributed by atoms with E-state index in [0.717, 1.165) is 106 Å². The number of amides is 4. The molecule has 0 saturated carbocycles. The van der Waals surface area contributed by atoms with Gasteiger partial charge in [0.1, 0.15) is 0 Å². The smallest absolute Gasteiger partial charge is 0.251 e. The number of nitrogens with zero attached hydrogens (tertiary/aromatic N) is 4. The molecule has 4 heterocycles. The fourth-order valence-corrected chi connectivity index (χ4v) is 13.7. The molecular formula is C84H104N8O4. The zero-order chi connectivity index (χ0) is 67.9. The first-order valence-electron chi connectivity index (χ1n) is 35.2. The van der Waals surface area contributed by atoms with Crippen molar-refractivity contribution in [2.24, 2.45) is 5.92 Å². The Kier molecular flexibility index (Phi) is 26.9. The number of aryl methyl sites for hydroxylation is 4. The Morgan fingerprint density at radius 3 is 0.969 bits per heavy atom. The van der Waals surface area contributed by atoms with Gasteiger partial charge in [-0.3, -0.25) is 38.8 Å². The number of benzene rings is 8. The first kappa shape index (κ1) is 71.8. The van der Waals surface area contributed by atoms with Gasteiger partial charge < -0.3 is 21.3 Å². The first-order valence-corrected chi connectivity index (χ1v) is 35.2. The molecule has 12 rings (SSSR count). The quantitative estimate of drug-likeness (QED) is 0.0630. The number of hydrogen-bond acceptors (Lipinski definition) is 8. The predicted octanol–water partition coefficient (Wildman–Crippen LogP) is 14.8. The Balaban J connectivity index is 0.000000150. The van der Waals surface area contributed by atoms with Gasteiger partial charge in [0.25, 0.3) is 23.6 Å². The van der Waals surface area contributed by atoms with E-state index in [1.54, 1.807) is 0 Å². The first-order chi connectivity index (χ1) is 46.6. The molecule has 504 valence electrons. The van der Waals surface area contributed by atoms with Crippen LogP contribution in [0.15, 0.2) is 194 Å². The van der Waals surface area contributed by atoms with Crippen LogP contribution >= 0.6 is 0 Å². The molecule has 0 fully saturated rings. The maximum absolute atomic E-state index is 12.5. The summed E-state index contributed by atoms with van der Waals surface area (Å²) in [5, 5.41) is 12.5. The van der Waals surface area contributed by atoms with Crippen molar-refractivity contribution in [3.63, 3.8) is 0 Å². The summed E-state index contributed by atoms with van der Waals surface area (Å²) in [6, 6.07) is 66.5. The van der Waals surface area contributed by atoms with Crippen LogP contribution in [-0.2, 0) is 25.7 Å². The third-order valence-electron chi connectivity index (χ3n) is 19.2. The molecular weight excluding hydrogens is 1180 g/mol. The van der Waals surface area contributed by atoms with E-state index in [2.05, 4.69) is 173 Å². The minimum atomic E-state index is -0.00328. The Hall–Kier alpha value is -8.52. The number of carbonyl (C=O) groups excluding carboxylic acids is 4. The zero-order valence-corrected chi connectivity index (χ0v) is 58.5. The number of unbranched alkanes of at least 4 members (excludes halogenated alkanes) is 1. The lowest BCUT2D eigenvalue weighted by Crippen LogP contribution is -2.43. The fraction of sp³-hybridized carbons (Fsp3) is 0.381. The van der Waals surface area contributed by atoms with Gasteiger partial charge in [0.2, 0.25) is 0 Å². The fourth-order valence-electron chi connectivity index (χ4n) is 13.7. The van der Waals surface area contributed by atoms with Crippen molar-refractivity contribution < 1.29 is 19.2 Å². The normalized spacial score (nSPS) is 17.4. The Morgan fingerprint density at radius 2 is 0.646 bits per heavy atom. The lowest BCUT2D eigenvalue weighted by Gasteiger charge is -2.38. The van der Waals surface area contributed by atoms with Crippen molar-refractivity contribution in [3.8, 4) is 0 Å². The van der Waals surface area contributed by atoms with Crippen molar-refractivity contribution in [1.29, 1.82) is 0 Å². The SMILES string of the molecule is CCCCN1CCc2ccccc2C1CNC(=O)c1ccc(C)cc1.CCCN1CCc2ccccc2C1CNC(=O)c1ccc(C)cc1.Cc1ccc(C(=O)NCC2c3ccccc3CCN2C)cc1.Cc1ccc(C(=O)NCC2c3ccccc3CCN2CC(C)C)cc1. The van der Waals surface area contributed by atoms with Crippen molar-refractivity contribution in [2.75, 3.05) is 79.0 Å². The highest BCUT2D eigenvalue weighted by Crippen LogP contribution is 2.33. The molecule has 12 nitrogen and oxygen atoms in total. The molecule has 12 heteroatoms. The van der Waals surface area contributed by atoms with Crippen LogP contribution in [0.4, 0.5) is 0 Å². The van der Waals surface area contributed by atoms with Crippen molar-refractivity contribution in [2.45, 2.75) is 125 Å². The van der Waals surface area contributed by atoms with E-state index in [1.807, 2.05) is 125 Å². The molecule has 4 aliphatic heterocycles. The summed E-state index contributed by atoms with van der Waals surface area (Å²) in [5.74, 6) is 0.637. The van der Waals surface area contributed by atoms with Crippen molar-refractivity contribution in [1.82, 2.24) is 40.9 Å². The molecule has 0 radical (unpaired) electrons. The molecule has 8 aromatic carbocycles. The standard InChI is InChI=1S/2C22H28N2O.C21H26N2O.C19H22N2O/c1-16(2)15-24-13-12-18-6-4-5-7-20(18)21(24)14-23-22(25)19-10-8-17(3)9-11-19;1-3-4-14-24-15-13-18-7-5-6-8-20(18)21(24)16-23-22(25)19-11-9-17(2)10-12-19;1-3-13-23-14-12-17-6-4-5-7-19(17)20(23)15-22-21(24)18-10-8-16(2)9-11-18;1-14-7-9-16(10-8-14)19(22)20-13-18-17-6-4-3-5-15(17)11-12-21(18)2/h4-11,16,21H,12-15H2,1-3H3,(H,23,25);5-12,21H,3-4,13-16H2,1-2H3,(H,23,25);4-11,20H,3,12-15H2,1-2H3,(H,22,24);3-10,18H,11-13H2,1-2H3,(H,20,22). The summed E-state index contributed by atoms with van der Waals surface area (Å²) >= 11 is 0. The van der Waals surface area contributed by atoms with E-state index < -0.39 is 0 Å². The van der Waals surface area contributed by atoms with Crippen LogP contribution in [0.25, 0.3) is 0 Å². The summed E-state index contributed by atoms with van der Waals surface area (Å²) in [4.78, 5) is 59.6. The van der Waals surface area contributed by atoms with Gasteiger partial charge in [-0.2, -0.15) is 0 Å². The second-order valence-electron chi connectivity index (χ2n) is 27.0. The molecule has 4 aliphatic rings. The third-order valence-corrected chi connectivity index (χ3v) is 19.2. The molecule has 0 aromatic heterocycles. The number of fused-ring (bicyclic) bond motifs is 4. The number of hydrogen-bond donors (Lipinski definition) is 4. The van der Waals surface area contributed by atoms with Gasteiger partial charge in [0.15, 0.2) is 0 Å². The van der Waals surface area contributed by atoms with Crippen LogP contribution in [0.1, 0.15) is 179 Å². The average Bonchev–Trinajstić information content (AvgIpc) is 0.871. The van der Waals surface area contributed by atoms with Gasteiger partial charge in [-0.15, -0.1) is 0 Å². The lowest BCUT2D eigenvalue weighted by molar-refractivity contribution is 0.0917. The van der Waals surface area contributed by atoms with E-state index in [1.165, 1.54) is 74.0 Å². The van der Waals surface area contributed by atoms with E-state index in [9.17, 15) is 19.2 Å². The molecule has 96 heavy (non-hydrogen) atoms. The van der Waals surface area contributed by atoms with Crippen LogP contribution in [-0.4, -0.2) is 122 Å². The molecule has 4 amide bonds. The number of carbonyl (C=O) groups is 4. The van der Waals surface area contributed by atoms with Crippen molar-refractivity contribution >= 4 is 23.6 Å². The van der Waals surface area contributed by atoms with Crippen LogP contribution in [0.2, 0.25) is 0 Å². The van der Waals surface area contributed by atoms with Crippen molar-refractivity contribution in [3.05, 3.63) is 283 Å². The van der Waals surface area contributed by atoms with Gasteiger partial charge in [-0.05, 0) is 185 Å². The summed E-state index contributed by atoms with van der Waals surface area (Å²) in [5.41, 5.74) is 18.7. The minimum absolute atomic E-state index is 0.00328. The summed E-state index contributed by atoms with van der Waals surface area (Å²) in [7, 11) is 2.12. The molecule has 4 atom stereocenters. The van der Waals surface area contributed by atoms with E-state index in [0.29, 0.717) is 32.1 Å². The molecule has 0 bridgehead atoms. The second kappa shape index (κ2) is 36.0. The Labute approximate surface area is 573 Å². The van der Waals surface area contributed by atoms with Crippen LogP contribution in [0.3, 0.4) is 0 Å². The molecule has 0 aliphatic carbocycles. The maximum atomic E-state index is 12.5. The molecule has 4 N–H and O–H groups in total. The summed E-state index contributed by atoms with van der Waals surface area (Å²) in [6.07, 6.45) is 7.89. The Bertz CT molecular complexity index is 3770. The maximum Gasteiger partial charge on any atom is 0.251 e. The van der Waals surface area contributed by atoms with Gasteiger partial charge in [-0.1, -0.05) is 202 Å².